The molecule has 146 valence electrons. The summed E-state index contributed by atoms with van der Waals surface area (Å²) in [5.41, 5.74) is 4.71. The van der Waals surface area contributed by atoms with Crippen molar-refractivity contribution in [2.75, 3.05) is 0 Å². The van der Waals surface area contributed by atoms with Crippen molar-refractivity contribution in [3.63, 3.8) is 0 Å². The lowest BCUT2D eigenvalue weighted by atomic mass is 9.63. The SMILES string of the molecule is CCCC(c1ccc(F)cc1C)(c1ccc(F)cc1C)c1ccc(F)cc1C. The van der Waals surface area contributed by atoms with Crippen LogP contribution >= 0.6 is 0 Å². The van der Waals surface area contributed by atoms with Crippen LogP contribution in [0.2, 0.25) is 0 Å². The molecule has 0 heterocycles. The van der Waals surface area contributed by atoms with Gasteiger partial charge in [-0.2, -0.15) is 0 Å². The number of aryl methyl sites for hydroxylation is 3. The molecule has 0 aliphatic carbocycles. The van der Waals surface area contributed by atoms with Crippen molar-refractivity contribution in [2.45, 2.75) is 46.0 Å². The molecule has 0 fully saturated rings. The minimum absolute atomic E-state index is 0.293. The first kappa shape index (κ1) is 20.2. The van der Waals surface area contributed by atoms with Crippen molar-refractivity contribution in [3.8, 4) is 0 Å². The van der Waals surface area contributed by atoms with E-state index >= 15 is 0 Å². The average molecular weight is 382 g/mol. The minimum Gasteiger partial charge on any atom is -0.207 e. The zero-order valence-corrected chi connectivity index (χ0v) is 16.7. The van der Waals surface area contributed by atoms with Crippen LogP contribution in [-0.2, 0) is 5.41 Å². The van der Waals surface area contributed by atoms with Gasteiger partial charge in [-0.05, 0) is 97.0 Å². The summed E-state index contributed by atoms with van der Waals surface area (Å²) in [6.45, 7) is 7.76. The molecule has 0 N–H and O–H groups in total. The maximum Gasteiger partial charge on any atom is 0.123 e. The van der Waals surface area contributed by atoms with Gasteiger partial charge < -0.3 is 0 Å². The van der Waals surface area contributed by atoms with E-state index in [4.69, 9.17) is 0 Å². The summed E-state index contributed by atoms with van der Waals surface area (Å²) >= 11 is 0. The first-order chi connectivity index (χ1) is 13.3. The van der Waals surface area contributed by atoms with E-state index in [-0.39, 0.29) is 17.5 Å². The topological polar surface area (TPSA) is 0 Å². The molecule has 0 amide bonds. The number of benzene rings is 3. The molecule has 0 saturated heterocycles. The Morgan fingerprint density at radius 3 is 1.18 bits per heavy atom. The van der Waals surface area contributed by atoms with Crippen molar-refractivity contribution in [1.82, 2.24) is 0 Å². The lowest BCUT2D eigenvalue weighted by Gasteiger charge is -2.39. The van der Waals surface area contributed by atoms with E-state index in [0.717, 1.165) is 46.2 Å². The molecule has 3 heteroatoms. The Kier molecular flexibility index (Phi) is 5.64. The first-order valence-corrected chi connectivity index (χ1v) is 9.59. The fraction of sp³-hybridized carbons (Fsp3) is 0.280. The molecule has 0 unspecified atom stereocenters. The summed E-state index contributed by atoms with van der Waals surface area (Å²) in [4.78, 5) is 0. The predicted octanol–water partition coefficient (Wildman–Crippen LogP) is 7.16. The lowest BCUT2D eigenvalue weighted by molar-refractivity contribution is 0.533. The molecule has 0 spiro atoms. The average Bonchev–Trinajstić information content (AvgIpc) is 2.61. The van der Waals surface area contributed by atoms with Crippen LogP contribution in [0.25, 0.3) is 0 Å². The summed E-state index contributed by atoms with van der Waals surface area (Å²) in [7, 11) is 0. The zero-order valence-electron chi connectivity index (χ0n) is 16.7. The van der Waals surface area contributed by atoms with Crippen LogP contribution in [-0.4, -0.2) is 0 Å². The Labute approximate surface area is 165 Å². The third-order valence-corrected chi connectivity index (χ3v) is 5.57. The highest BCUT2D eigenvalue weighted by atomic mass is 19.1. The Balaban J connectivity index is 2.46. The van der Waals surface area contributed by atoms with Gasteiger partial charge in [0.2, 0.25) is 0 Å². The maximum absolute atomic E-state index is 13.9. The Bertz CT molecular complexity index is 879. The van der Waals surface area contributed by atoms with E-state index in [2.05, 4.69) is 6.92 Å². The van der Waals surface area contributed by atoms with Gasteiger partial charge in [-0.1, -0.05) is 31.5 Å². The fourth-order valence-corrected chi connectivity index (χ4v) is 4.53. The van der Waals surface area contributed by atoms with Crippen LogP contribution < -0.4 is 0 Å². The minimum atomic E-state index is -0.623. The van der Waals surface area contributed by atoms with Crippen LogP contribution in [0.4, 0.5) is 13.2 Å². The molecular weight excluding hydrogens is 357 g/mol. The molecule has 28 heavy (non-hydrogen) atoms. The summed E-state index contributed by atoms with van der Waals surface area (Å²) < 4.78 is 41.7. The second-order valence-electron chi connectivity index (χ2n) is 7.53. The quantitative estimate of drug-likeness (QED) is 0.411. The second-order valence-corrected chi connectivity index (χ2v) is 7.53. The number of halogens is 3. The van der Waals surface area contributed by atoms with Gasteiger partial charge in [0, 0.05) is 5.41 Å². The van der Waals surface area contributed by atoms with Gasteiger partial charge in [0.05, 0.1) is 0 Å². The largest absolute Gasteiger partial charge is 0.207 e. The number of hydrogen-bond donors (Lipinski definition) is 0. The Hall–Kier alpha value is -2.55. The first-order valence-electron chi connectivity index (χ1n) is 9.59. The molecular formula is C25H25F3. The molecule has 0 atom stereocenters. The molecule has 3 rings (SSSR count). The monoisotopic (exact) mass is 382 g/mol. The molecule has 0 aliphatic heterocycles. The van der Waals surface area contributed by atoms with E-state index in [0.29, 0.717) is 0 Å². The predicted molar refractivity (Wildman–Crippen MR) is 108 cm³/mol. The molecule has 0 radical (unpaired) electrons. The maximum atomic E-state index is 13.9. The smallest absolute Gasteiger partial charge is 0.123 e. The standard InChI is InChI=1S/C25H25F3/c1-5-12-25(22-9-6-19(26)13-16(22)2,23-10-7-20(27)14-17(23)3)24-11-8-21(28)15-18(24)4/h6-11,13-15H,5,12H2,1-4H3. The van der Waals surface area contributed by atoms with Crippen molar-refractivity contribution in [1.29, 1.82) is 0 Å². The van der Waals surface area contributed by atoms with Crippen molar-refractivity contribution < 1.29 is 13.2 Å². The lowest BCUT2D eigenvalue weighted by Crippen LogP contribution is -2.32. The normalized spacial score (nSPS) is 11.7. The highest BCUT2D eigenvalue weighted by molar-refractivity contribution is 5.57. The van der Waals surface area contributed by atoms with Gasteiger partial charge in [-0.25, -0.2) is 13.2 Å². The molecule has 3 aromatic carbocycles. The van der Waals surface area contributed by atoms with E-state index in [1.807, 2.05) is 39.0 Å². The van der Waals surface area contributed by atoms with Crippen LogP contribution in [0.1, 0.15) is 53.1 Å². The van der Waals surface area contributed by atoms with Crippen LogP contribution in [0.5, 0.6) is 0 Å². The van der Waals surface area contributed by atoms with Gasteiger partial charge >= 0.3 is 0 Å². The zero-order chi connectivity index (χ0) is 20.5. The van der Waals surface area contributed by atoms with Crippen LogP contribution in [0.15, 0.2) is 54.6 Å². The summed E-state index contributed by atoms with van der Waals surface area (Å²) in [5.74, 6) is -0.880. The van der Waals surface area contributed by atoms with E-state index in [9.17, 15) is 13.2 Å². The van der Waals surface area contributed by atoms with Crippen LogP contribution in [0, 0.1) is 38.2 Å². The molecule has 3 aromatic rings. The van der Waals surface area contributed by atoms with E-state index < -0.39 is 5.41 Å². The second kappa shape index (κ2) is 7.83. The van der Waals surface area contributed by atoms with Crippen molar-refractivity contribution in [3.05, 3.63) is 105 Å². The van der Waals surface area contributed by atoms with Gasteiger partial charge in [-0.15, -0.1) is 0 Å². The summed E-state index contributed by atoms with van der Waals surface area (Å²) in [6, 6.07) is 14.4. The molecule has 0 saturated carbocycles. The third kappa shape index (κ3) is 3.46. The van der Waals surface area contributed by atoms with Crippen molar-refractivity contribution >= 4 is 0 Å². The Morgan fingerprint density at radius 1 is 0.607 bits per heavy atom. The fourth-order valence-electron chi connectivity index (χ4n) is 4.53. The highest BCUT2D eigenvalue weighted by Gasteiger charge is 2.39. The summed E-state index contributed by atoms with van der Waals surface area (Å²) in [5, 5.41) is 0. The molecule has 0 aliphatic rings. The molecule has 0 nitrogen and oxygen atoms in total. The van der Waals surface area contributed by atoms with Crippen LogP contribution in [0.3, 0.4) is 0 Å². The van der Waals surface area contributed by atoms with Gasteiger partial charge in [0.1, 0.15) is 17.5 Å². The highest BCUT2D eigenvalue weighted by Crippen LogP contribution is 2.47. The third-order valence-electron chi connectivity index (χ3n) is 5.57. The van der Waals surface area contributed by atoms with E-state index in [1.165, 1.54) is 36.4 Å². The molecule has 0 aromatic heterocycles. The van der Waals surface area contributed by atoms with Crippen molar-refractivity contribution in [2.24, 2.45) is 0 Å². The molecule has 0 bridgehead atoms. The number of rotatable bonds is 5. The van der Waals surface area contributed by atoms with Gasteiger partial charge in [-0.3, -0.25) is 0 Å². The van der Waals surface area contributed by atoms with E-state index in [1.54, 1.807) is 0 Å². The Morgan fingerprint density at radius 2 is 0.929 bits per heavy atom. The number of hydrogen-bond acceptors (Lipinski definition) is 0. The van der Waals surface area contributed by atoms with Gasteiger partial charge in [0.25, 0.3) is 0 Å². The summed E-state index contributed by atoms with van der Waals surface area (Å²) in [6.07, 6.45) is 1.59. The van der Waals surface area contributed by atoms with Gasteiger partial charge in [0.15, 0.2) is 0 Å².